The van der Waals surface area contributed by atoms with E-state index in [9.17, 15) is 24.9 Å². The number of para-hydroxylation sites is 1. The molecule has 2 fully saturated rings. The maximum atomic E-state index is 14.2. The Balaban J connectivity index is 0.850. The number of fused-ring (bicyclic) bond motifs is 1. The summed E-state index contributed by atoms with van der Waals surface area (Å²) in [6.07, 6.45) is 0.311. The molecule has 0 aliphatic carbocycles. The highest BCUT2D eigenvalue weighted by Gasteiger charge is 2.44. The predicted molar refractivity (Wildman–Crippen MR) is 230 cm³/mol. The molecule has 320 valence electrons. The van der Waals surface area contributed by atoms with Gasteiger partial charge in [0.15, 0.2) is 5.76 Å². The molecule has 15 nitrogen and oxygen atoms in total. The van der Waals surface area contributed by atoms with Crippen molar-refractivity contribution in [1.29, 1.82) is 0 Å². The van der Waals surface area contributed by atoms with E-state index in [0.717, 1.165) is 32.9 Å². The van der Waals surface area contributed by atoms with Crippen molar-refractivity contribution in [3.63, 3.8) is 0 Å². The molecule has 2 amide bonds. The van der Waals surface area contributed by atoms with Gasteiger partial charge in [-0.3, -0.25) is 14.5 Å². The number of phenols is 1. The average Bonchev–Trinajstić information content (AvgIpc) is 4.06. The minimum absolute atomic E-state index is 0.0368. The maximum absolute atomic E-state index is 14.2. The molecule has 2 aliphatic heterocycles. The number of phenolic OH excluding ortho intramolecular Hbond substituents is 1. The summed E-state index contributed by atoms with van der Waals surface area (Å²) in [5.74, 6) is -0.885. The number of hydrogen-bond acceptors (Lipinski definition) is 13. The second-order valence-corrected chi connectivity index (χ2v) is 17.5. The van der Waals surface area contributed by atoms with Crippen LogP contribution in [-0.4, -0.2) is 107 Å². The Hall–Kier alpha value is -5.68. The van der Waals surface area contributed by atoms with Gasteiger partial charge in [0.05, 0.1) is 45.1 Å². The van der Waals surface area contributed by atoms with Gasteiger partial charge in [0.1, 0.15) is 35.4 Å². The molecule has 2 saturated heterocycles. The smallest absolute Gasteiger partial charge is 0.254 e. The van der Waals surface area contributed by atoms with E-state index in [0.29, 0.717) is 61.6 Å². The number of carbonyl (C=O) groups excluding carboxylic acids is 2. The van der Waals surface area contributed by atoms with Crippen molar-refractivity contribution in [2.75, 3.05) is 32.8 Å². The number of carbonyl (C=O) groups is 2. The van der Waals surface area contributed by atoms with Gasteiger partial charge in [-0.15, -0.1) is 21.5 Å². The molecule has 16 heteroatoms. The van der Waals surface area contributed by atoms with Gasteiger partial charge in [0.25, 0.3) is 5.88 Å². The summed E-state index contributed by atoms with van der Waals surface area (Å²) < 4.78 is 13.6. The van der Waals surface area contributed by atoms with Crippen molar-refractivity contribution in [2.24, 2.45) is 13.0 Å². The molecule has 6 heterocycles. The molecule has 0 spiro atoms. The predicted octanol–water partition coefficient (Wildman–Crippen LogP) is 5.70. The number of hydrogen-bond donors (Lipinski definition) is 4. The monoisotopic (exact) mass is 848 g/mol. The van der Waals surface area contributed by atoms with Gasteiger partial charge in [-0.25, -0.2) is 4.98 Å². The van der Waals surface area contributed by atoms with Crippen LogP contribution in [0, 0.1) is 12.8 Å². The number of benzene rings is 2. The number of piperidine rings is 1. The molecule has 4 atom stereocenters. The summed E-state index contributed by atoms with van der Waals surface area (Å²) in [7, 11) is 1.91. The highest BCUT2D eigenvalue weighted by atomic mass is 32.1. The molecular formula is C45H52N8O7S. The molecule has 2 aliphatic rings. The summed E-state index contributed by atoms with van der Waals surface area (Å²) in [6, 6.07) is 19.2. The Morgan fingerprint density at radius 1 is 1.05 bits per heavy atom. The van der Waals surface area contributed by atoms with E-state index in [2.05, 4.69) is 30.6 Å². The fourth-order valence-corrected chi connectivity index (χ4v) is 9.48. The molecule has 4 N–H and O–H groups in total. The zero-order valence-corrected chi connectivity index (χ0v) is 35.8. The lowest BCUT2D eigenvalue weighted by atomic mass is 9.88. The highest BCUT2D eigenvalue weighted by Crippen LogP contribution is 2.37. The number of ether oxygens (including phenoxy) is 1. The van der Waals surface area contributed by atoms with Gasteiger partial charge in [0, 0.05) is 51.3 Å². The van der Waals surface area contributed by atoms with E-state index in [-0.39, 0.29) is 48.4 Å². The summed E-state index contributed by atoms with van der Waals surface area (Å²) in [5.41, 5.74) is 7.12. The van der Waals surface area contributed by atoms with Gasteiger partial charge in [0.2, 0.25) is 11.8 Å². The lowest BCUT2D eigenvalue weighted by molar-refractivity contribution is -0.141. The Labute approximate surface area is 358 Å². The Kier molecular flexibility index (Phi) is 12.0. The zero-order chi connectivity index (χ0) is 43.0. The van der Waals surface area contributed by atoms with Crippen LogP contribution in [0.1, 0.15) is 74.7 Å². The second kappa shape index (κ2) is 17.4. The third kappa shape index (κ3) is 8.62. The van der Waals surface area contributed by atoms with Gasteiger partial charge in [-0.2, -0.15) is 0 Å². The van der Waals surface area contributed by atoms with Crippen molar-refractivity contribution < 1.29 is 34.2 Å². The third-order valence-corrected chi connectivity index (χ3v) is 13.2. The number of nitrogens with one attached hydrogen (secondary N) is 1. The van der Waals surface area contributed by atoms with Gasteiger partial charge >= 0.3 is 0 Å². The number of aliphatic hydroxyl groups is 2. The van der Waals surface area contributed by atoms with Gasteiger partial charge in [-0.1, -0.05) is 50.2 Å². The third-order valence-electron chi connectivity index (χ3n) is 12.2. The first-order valence-electron chi connectivity index (χ1n) is 20.7. The lowest BCUT2D eigenvalue weighted by Crippen LogP contribution is -2.48. The molecule has 61 heavy (non-hydrogen) atoms. The van der Waals surface area contributed by atoms with Crippen LogP contribution in [0.4, 0.5) is 0 Å². The second-order valence-electron chi connectivity index (χ2n) is 16.6. The number of β-amino-alcohol motifs (C(OH)–C–C–N with tert-alkyl or cyclic N) is 1. The Bertz CT molecular complexity index is 2510. The number of likely N-dealkylation sites (tertiary alicyclic amines) is 2. The van der Waals surface area contributed by atoms with Crippen molar-refractivity contribution >= 4 is 34.2 Å². The normalized spacial score (nSPS) is 19.0. The number of aliphatic hydroxyl groups excluding tert-OH is 1. The SMILES string of the molecule is Cc1ncsc1-c1ccc([C@H](C)NC(=O)C2CC(O)CN2C(=O)[C@@H](c2cc(OCCN3CCC(O)(c4cc5nnc(-c6ccccc6O)cc5n4C)CC3)no2)C(C)C)cc1. The fraction of sp³-hybridized carbons (Fsp3) is 0.422. The van der Waals surface area contributed by atoms with Crippen LogP contribution < -0.4 is 10.1 Å². The summed E-state index contributed by atoms with van der Waals surface area (Å²) in [5, 5.41) is 48.8. The fourth-order valence-electron chi connectivity index (χ4n) is 8.67. The number of amides is 2. The summed E-state index contributed by atoms with van der Waals surface area (Å²) in [6.45, 7) is 9.91. The van der Waals surface area contributed by atoms with Gasteiger partial charge in [-0.05, 0) is 73.2 Å². The van der Waals surface area contributed by atoms with E-state index in [1.165, 1.54) is 4.90 Å². The number of aryl methyl sites for hydroxylation is 2. The van der Waals surface area contributed by atoms with Crippen LogP contribution in [0.3, 0.4) is 0 Å². The van der Waals surface area contributed by atoms with Crippen molar-refractivity contribution in [3.05, 3.63) is 95.0 Å². The number of nitrogens with zero attached hydrogens (tertiary/aromatic N) is 7. The number of aromatic nitrogens is 5. The van der Waals surface area contributed by atoms with Crippen LogP contribution in [0.25, 0.3) is 32.7 Å². The number of aromatic hydroxyl groups is 1. The largest absolute Gasteiger partial charge is 0.507 e. The van der Waals surface area contributed by atoms with Crippen LogP contribution in [0.2, 0.25) is 0 Å². The highest BCUT2D eigenvalue weighted by molar-refractivity contribution is 7.13. The Morgan fingerprint density at radius 2 is 1.80 bits per heavy atom. The molecular weight excluding hydrogens is 797 g/mol. The van der Waals surface area contributed by atoms with Crippen molar-refractivity contribution in [3.8, 4) is 33.3 Å². The molecule has 2 aromatic carbocycles. The van der Waals surface area contributed by atoms with E-state index >= 15 is 0 Å². The standard InChI is InChI=1S/C45H52N8O7S/c1-26(2)41(44(57)53-24-31(54)20-36(53)43(56)47-27(3)29-10-12-30(13-11-29)42-28(4)46-25-61-42)38-23-40(50-60-38)59-19-18-52-16-14-45(58,15-17-52)39-22-34-35(51(39)5)21-33(48-49-34)32-8-6-7-9-37(32)55/h6-13,21-23,25-27,31,36,41,54-55,58H,14-20,24H2,1-5H3,(H,47,56)/t27-,31?,36?,41+/m0/s1. The zero-order valence-electron chi connectivity index (χ0n) is 35.0. The Morgan fingerprint density at radius 3 is 2.51 bits per heavy atom. The maximum Gasteiger partial charge on any atom is 0.254 e. The first-order valence-corrected chi connectivity index (χ1v) is 21.6. The quantitative estimate of drug-likeness (QED) is 0.111. The van der Waals surface area contributed by atoms with E-state index in [1.807, 2.05) is 87.3 Å². The minimum atomic E-state index is -1.06. The molecule has 2 unspecified atom stereocenters. The topological polar surface area (TPSA) is 192 Å². The molecule has 4 aromatic heterocycles. The lowest BCUT2D eigenvalue weighted by Gasteiger charge is -2.38. The van der Waals surface area contributed by atoms with E-state index in [4.69, 9.17) is 9.26 Å². The van der Waals surface area contributed by atoms with Crippen LogP contribution >= 0.6 is 11.3 Å². The number of thiazole rings is 1. The summed E-state index contributed by atoms with van der Waals surface area (Å²) >= 11 is 1.58. The average molecular weight is 849 g/mol. The first kappa shape index (κ1) is 42.0. The summed E-state index contributed by atoms with van der Waals surface area (Å²) in [4.78, 5) is 37.0. The van der Waals surface area contributed by atoms with E-state index in [1.54, 1.807) is 35.6 Å². The van der Waals surface area contributed by atoms with Crippen molar-refractivity contribution in [2.45, 2.75) is 76.7 Å². The van der Waals surface area contributed by atoms with Crippen molar-refractivity contribution in [1.82, 2.24) is 40.0 Å². The molecule has 6 aromatic rings. The van der Waals surface area contributed by atoms with Crippen LogP contribution in [0.5, 0.6) is 11.6 Å². The molecule has 0 bridgehead atoms. The molecule has 0 radical (unpaired) electrons. The van der Waals surface area contributed by atoms with Crippen LogP contribution in [-0.2, 0) is 22.2 Å². The molecule has 8 rings (SSSR count). The van der Waals surface area contributed by atoms with E-state index < -0.39 is 23.7 Å². The van der Waals surface area contributed by atoms with Crippen LogP contribution in [0.15, 0.2) is 76.8 Å². The first-order chi connectivity index (χ1) is 29.3. The van der Waals surface area contributed by atoms with Gasteiger partial charge < -0.3 is 39.4 Å². The molecule has 0 saturated carbocycles. The number of rotatable bonds is 13. The minimum Gasteiger partial charge on any atom is -0.507 e.